The normalized spacial score (nSPS) is 22.2. The third-order valence-electron chi connectivity index (χ3n) is 3.68. The van der Waals surface area contributed by atoms with Gasteiger partial charge in [0, 0.05) is 6.42 Å². The van der Waals surface area contributed by atoms with Crippen LogP contribution in [-0.2, 0) is 16.0 Å². The molecule has 2 rings (SSSR count). The predicted octanol–water partition coefficient (Wildman–Crippen LogP) is 2.84. The van der Waals surface area contributed by atoms with Gasteiger partial charge < -0.3 is 9.84 Å². The molecule has 4 heteroatoms. The zero-order valence-corrected chi connectivity index (χ0v) is 11.7. The fourth-order valence-corrected chi connectivity index (χ4v) is 2.64. The molecular formula is C16H20O4. The van der Waals surface area contributed by atoms with Crippen LogP contribution in [0.3, 0.4) is 0 Å². The number of ether oxygens (including phenoxy) is 1. The van der Waals surface area contributed by atoms with Crippen molar-refractivity contribution in [3.8, 4) is 5.75 Å². The molecule has 0 heterocycles. The summed E-state index contributed by atoms with van der Waals surface area (Å²) in [7, 11) is 0. The SMILES string of the molecule is CC(=O)Cc1cccc(OC2CCC(C(=O)O)CC2)c1. The molecule has 0 aromatic heterocycles. The highest BCUT2D eigenvalue weighted by Crippen LogP contribution is 2.28. The van der Waals surface area contributed by atoms with E-state index in [1.165, 1.54) is 0 Å². The van der Waals surface area contributed by atoms with Gasteiger partial charge in [0.2, 0.25) is 0 Å². The summed E-state index contributed by atoms with van der Waals surface area (Å²) in [5, 5.41) is 8.96. The number of carboxylic acid groups (broad SMARTS) is 1. The smallest absolute Gasteiger partial charge is 0.306 e. The lowest BCUT2D eigenvalue weighted by atomic mass is 9.87. The van der Waals surface area contributed by atoms with Gasteiger partial charge in [0.25, 0.3) is 0 Å². The number of carboxylic acids is 1. The van der Waals surface area contributed by atoms with E-state index in [1.54, 1.807) is 6.92 Å². The molecule has 1 aromatic carbocycles. The summed E-state index contributed by atoms with van der Waals surface area (Å²) in [5.41, 5.74) is 0.953. The van der Waals surface area contributed by atoms with Gasteiger partial charge in [-0.05, 0) is 50.3 Å². The second-order valence-electron chi connectivity index (χ2n) is 5.46. The van der Waals surface area contributed by atoms with Crippen molar-refractivity contribution >= 4 is 11.8 Å². The molecule has 1 saturated carbocycles. The van der Waals surface area contributed by atoms with Crippen molar-refractivity contribution in [1.82, 2.24) is 0 Å². The second-order valence-corrected chi connectivity index (χ2v) is 5.46. The van der Waals surface area contributed by atoms with Crippen molar-refractivity contribution in [3.63, 3.8) is 0 Å². The van der Waals surface area contributed by atoms with Crippen molar-refractivity contribution in [2.45, 2.75) is 45.1 Å². The van der Waals surface area contributed by atoms with E-state index < -0.39 is 5.97 Å². The highest BCUT2D eigenvalue weighted by molar-refractivity contribution is 5.78. The van der Waals surface area contributed by atoms with Gasteiger partial charge in [0.05, 0.1) is 12.0 Å². The molecule has 1 aromatic rings. The Bertz CT molecular complexity index is 487. The van der Waals surface area contributed by atoms with E-state index in [1.807, 2.05) is 24.3 Å². The quantitative estimate of drug-likeness (QED) is 0.898. The van der Waals surface area contributed by atoms with Crippen LogP contribution in [0.1, 0.15) is 38.2 Å². The lowest BCUT2D eigenvalue weighted by Gasteiger charge is -2.26. The molecule has 1 aliphatic rings. The Kier molecular flexibility index (Phi) is 4.77. The predicted molar refractivity (Wildman–Crippen MR) is 74.8 cm³/mol. The third kappa shape index (κ3) is 4.08. The summed E-state index contributed by atoms with van der Waals surface area (Å²) >= 11 is 0. The summed E-state index contributed by atoms with van der Waals surface area (Å²) < 4.78 is 5.90. The Hall–Kier alpha value is -1.84. The Balaban J connectivity index is 1.91. The van der Waals surface area contributed by atoms with E-state index in [9.17, 15) is 9.59 Å². The molecule has 0 amide bonds. The number of hydrogen-bond donors (Lipinski definition) is 1. The van der Waals surface area contributed by atoms with Crippen LogP contribution in [0.15, 0.2) is 24.3 Å². The van der Waals surface area contributed by atoms with Crippen molar-refractivity contribution in [3.05, 3.63) is 29.8 Å². The first-order valence-corrected chi connectivity index (χ1v) is 7.02. The van der Waals surface area contributed by atoms with Gasteiger partial charge in [-0.25, -0.2) is 0 Å². The zero-order valence-electron chi connectivity index (χ0n) is 11.7. The summed E-state index contributed by atoms with van der Waals surface area (Å²) in [5.74, 6) is -0.0301. The largest absolute Gasteiger partial charge is 0.490 e. The van der Waals surface area contributed by atoms with E-state index in [4.69, 9.17) is 9.84 Å². The highest BCUT2D eigenvalue weighted by atomic mass is 16.5. The Labute approximate surface area is 118 Å². The highest BCUT2D eigenvalue weighted by Gasteiger charge is 2.26. The van der Waals surface area contributed by atoms with Crippen LogP contribution in [0.25, 0.3) is 0 Å². The van der Waals surface area contributed by atoms with Crippen LogP contribution in [0.2, 0.25) is 0 Å². The van der Waals surface area contributed by atoms with E-state index >= 15 is 0 Å². The molecule has 0 atom stereocenters. The minimum atomic E-state index is -0.702. The number of benzene rings is 1. The number of carbonyl (C=O) groups is 2. The molecule has 0 spiro atoms. The lowest BCUT2D eigenvalue weighted by Crippen LogP contribution is -2.27. The average molecular weight is 276 g/mol. The Morgan fingerprint density at radius 1 is 1.25 bits per heavy atom. The maximum Gasteiger partial charge on any atom is 0.306 e. The number of ketones is 1. The number of hydrogen-bond acceptors (Lipinski definition) is 3. The first-order valence-electron chi connectivity index (χ1n) is 7.02. The first-order chi connectivity index (χ1) is 9.54. The van der Waals surface area contributed by atoms with Crippen LogP contribution >= 0.6 is 0 Å². The fourth-order valence-electron chi connectivity index (χ4n) is 2.64. The van der Waals surface area contributed by atoms with Gasteiger partial charge in [-0.2, -0.15) is 0 Å². The van der Waals surface area contributed by atoms with E-state index in [0.717, 1.165) is 24.2 Å². The van der Waals surface area contributed by atoms with Crippen molar-refractivity contribution in [2.24, 2.45) is 5.92 Å². The number of aliphatic carboxylic acids is 1. The van der Waals surface area contributed by atoms with E-state index in [0.29, 0.717) is 19.3 Å². The average Bonchev–Trinajstić information content (AvgIpc) is 2.39. The molecule has 1 fully saturated rings. The van der Waals surface area contributed by atoms with Gasteiger partial charge in [-0.3, -0.25) is 9.59 Å². The number of rotatable bonds is 5. The van der Waals surface area contributed by atoms with Crippen LogP contribution in [0.4, 0.5) is 0 Å². The Morgan fingerprint density at radius 3 is 2.55 bits per heavy atom. The molecule has 0 aliphatic heterocycles. The number of carbonyl (C=O) groups excluding carboxylic acids is 1. The van der Waals surface area contributed by atoms with Crippen LogP contribution in [0, 0.1) is 5.92 Å². The summed E-state index contributed by atoms with van der Waals surface area (Å²) in [6, 6.07) is 7.57. The van der Waals surface area contributed by atoms with Gasteiger partial charge in [0.15, 0.2) is 0 Å². The molecule has 108 valence electrons. The molecule has 0 saturated heterocycles. The van der Waals surface area contributed by atoms with Crippen LogP contribution in [-0.4, -0.2) is 23.0 Å². The molecule has 0 radical (unpaired) electrons. The van der Waals surface area contributed by atoms with Gasteiger partial charge in [-0.15, -0.1) is 0 Å². The van der Waals surface area contributed by atoms with Gasteiger partial charge in [0.1, 0.15) is 11.5 Å². The standard InChI is InChI=1S/C16H20O4/c1-11(17)9-12-3-2-4-15(10-12)20-14-7-5-13(6-8-14)16(18)19/h2-4,10,13-14H,5-9H2,1H3,(H,18,19). The van der Waals surface area contributed by atoms with Gasteiger partial charge in [-0.1, -0.05) is 12.1 Å². The molecule has 0 unspecified atom stereocenters. The second kappa shape index (κ2) is 6.55. The van der Waals surface area contributed by atoms with Crippen LogP contribution in [0.5, 0.6) is 5.75 Å². The number of Topliss-reactive ketones (excluding diaryl/α,β-unsaturated/α-hetero) is 1. The lowest BCUT2D eigenvalue weighted by molar-refractivity contribution is -0.143. The Morgan fingerprint density at radius 2 is 1.95 bits per heavy atom. The monoisotopic (exact) mass is 276 g/mol. The maximum absolute atomic E-state index is 11.1. The fraction of sp³-hybridized carbons (Fsp3) is 0.500. The zero-order chi connectivity index (χ0) is 14.5. The maximum atomic E-state index is 11.1. The van der Waals surface area contributed by atoms with Crippen LogP contribution < -0.4 is 4.74 Å². The van der Waals surface area contributed by atoms with E-state index in [2.05, 4.69) is 0 Å². The van der Waals surface area contributed by atoms with Crippen molar-refractivity contribution < 1.29 is 19.4 Å². The summed E-state index contributed by atoms with van der Waals surface area (Å²) in [6.07, 6.45) is 3.39. The molecule has 4 nitrogen and oxygen atoms in total. The third-order valence-corrected chi connectivity index (χ3v) is 3.68. The summed E-state index contributed by atoms with van der Waals surface area (Å²) in [4.78, 5) is 22.0. The van der Waals surface area contributed by atoms with Crippen molar-refractivity contribution in [1.29, 1.82) is 0 Å². The summed E-state index contributed by atoms with van der Waals surface area (Å²) in [6.45, 7) is 1.57. The van der Waals surface area contributed by atoms with Gasteiger partial charge >= 0.3 is 5.97 Å². The minimum absolute atomic E-state index is 0.0816. The van der Waals surface area contributed by atoms with E-state index in [-0.39, 0.29) is 17.8 Å². The molecule has 20 heavy (non-hydrogen) atoms. The van der Waals surface area contributed by atoms with Crippen molar-refractivity contribution in [2.75, 3.05) is 0 Å². The minimum Gasteiger partial charge on any atom is -0.490 e. The topological polar surface area (TPSA) is 63.6 Å². The first kappa shape index (κ1) is 14.6. The molecule has 1 N–H and O–H groups in total. The molecule has 1 aliphatic carbocycles. The molecule has 0 bridgehead atoms. The molecular weight excluding hydrogens is 256 g/mol.